The lowest BCUT2D eigenvalue weighted by Crippen LogP contribution is -2.47. The van der Waals surface area contributed by atoms with Crippen LogP contribution in [0.1, 0.15) is 22.9 Å². The summed E-state index contributed by atoms with van der Waals surface area (Å²) in [6, 6.07) is 28.8. The quantitative estimate of drug-likeness (QED) is 0.209. The van der Waals surface area contributed by atoms with Crippen LogP contribution in [0.15, 0.2) is 102 Å². The summed E-state index contributed by atoms with van der Waals surface area (Å²) in [5.74, 6) is 0.953. The monoisotopic (exact) mass is 565 g/mol. The Morgan fingerprint density at radius 2 is 1.60 bits per heavy atom. The predicted molar refractivity (Wildman–Crippen MR) is 149 cm³/mol. The minimum Gasteiger partial charge on any atom is -0.497 e. The van der Waals surface area contributed by atoms with Crippen molar-refractivity contribution in [3.05, 3.63) is 124 Å². The third-order valence-electron chi connectivity index (χ3n) is 7.32. The molecule has 1 saturated heterocycles. The van der Waals surface area contributed by atoms with E-state index in [2.05, 4.69) is 10.3 Å². The summed E-state index contributed by atoms with van der Waals surface area (Å²) in [6.45, 7) is -1.98. The molecule has 208 valence electrons. The van der Waals surface area contributed by atoms with E-state index in [4.69, 9.17) is 21.1 Å². The van der Waals surface area contributed by atoms with Crippen LogP contribution in [0.2, 0.25) is 0 Å². The first-order valence-electron chi connectivity index (χ1n) is 12.7. The smallest absolute Gasteiger partial charge is 0.351 e. The summed E-state index contributed by atoms with van der Waals surface area (Å²) >= 11 is 6.32. The summed E-state index contributed by atoms with van der Waals surface area (Å²) < 4.78 is 25.8. The average Bonchev–Trinajstić information content (AvgIpc) is 3.26. The number of hydrogen-bond acceptors (Lipinski definition) is 7. The molecule has 3 N–H and O–H groups in total. The Morgan fingerprint density at radius 1 is 1.02 bits per heavy atom. The first-order valence-corrected chi connectivity index (χ1v) is 13.1. The second-order valence-electron chi connectivity index (χ2n) is 9.59. The number of aliphatic hydroxyl groups is 2. The molecule has 0 amide bonds. The fourth-order valence-corrected chi connectivity index (χ4v) is 5.52. The number of ether oxygens (including phenoxy) is 2. The molecule has 1 aliphatic rings. The lowest BCUT2D eigenvalue weighted by Gasteiger charge is -2.37. The summed E-state index contributed by atoms with van der Waals surface area (Å²) in [6.07, 6.45) is -1.34. The van der Waals surface area contributed by atoms with Gasteiger partial charge in [0.25, 0.3) is 0 Å². The van der Waals surface area contributed by atoms with Crippen molar-refractivity contribution in [1.82, 2.24) is 9.55 Å². The maximum Gasteiger partial charge on any atom is 0.351 e. The molecule has 8 nitrogen and oxygen atoms in total. The third kappa shape index (κ3) is 4.75. The standard InChI is InChI=1S/C30H29ClFN3O5/c1-39-23-14-12-22(13-15-23)30(20-8-4-2-5-9-20,21-10-6-3-7-11-21)34-24-16-17-35(28(38)33-24)27-25(31)26(37)29(18-32,19-36)40-27/h2-17,25-27,36-37H,18-19H2,1H3,(H,33,34,38)/t25-,26+,27-,29-/m1/s1. The molecule has 1 fully saturated rings. The number of nitrogens with zero attached hydrogens (tertiary/aromatic N) is 2. The number of rotatable bonds is 9. The Hall–Kier alpha value is -3.76. The van der Waals surface area contributed by atoms with Crippen LogP contribution in [-0.2, 0) is 10.3 Å². The summed E-state index contributed by atoms with van der Waals surface area (Å²) in [4.78, 5) is 17.5. The molecule has 40 heavy (non-hydrogen) atoms. The van der Waals surface area contributed by atoms with Crippen LogP contribution in [0.25, 0.3) is 0 Å². The largest absolute Gasteiger partial charge is 0.497 e. The van der Waals surface area contributed by atoms with Gasteiger partial charge in [-0.1, -0.05) is 72.8 Å². The zero-order chi connectivity index (χ0) is 28.3. The molecular formula is C30H29ClFN3O5. The van der Waals surface area contributed by atoms with Crippen molar-refractivity contribution in [3.8, 4) is 5.75 Å². The molecule has 1 aliphatic heterocycles. The molecule has 0 unspecified atom stereocenters. The van der Waals surface area contributed by atoms with E-state index >= 15 is 0 Å². The fourth-order valence-electron chi connectivity index (χ4n) is 5.12. The van der Waals surface area contributed by atoms with Gasteiger partial charge in [0.05, 0.1) is 13.7 Å². The molecule has 0 radical (unpaired) electrons. The van der Waals surface area contributed by atoms with Crippen molar-refractivity contribution in [2.75, 3.05) is 25.7 Å². The van der Waals surface area contributed by atoms with Gasteiger partial charge in [-0.05, 0) is 34.9 Å². The lowest BCUT2D eigenvalue weighted by molar-refractivity contribution is -0.137. The maximum atomic E-state index is 13.7. The molecule has 0 bridgehead atoms. The number of aromatic nitrogens is 2. The lowest BCUT2D eigenvalue weighted by atomic mass is 9.77. The predicted octanol–water partition coefficient (Wildman–Crippen LogP) is 3.85. The molecule has 0 saturated carbocycles. The highest BCUT2D eigenvalue weighted by Gasteiger charge is 2.55. The SMILES string of the molecule is COc1ccc(C(Nc2ccn([C@@H]3O[C@@](CO)(CF)[C@@H](O)[C@H]3Cl)c(=O)n2)(c2ccccc2)c2ccccc2)cc1. The van der Waals surface area contributed by atoms with Gasteiger partial charge in [0, 0.05) is 6.20 Å². The van der Waals surface area contributed by atoms with Gasteiger partial charge >= 0.3 is 5.69 Å². The van der Waals surface area contributed by atoms with Gasteiger partial charge in [-0.25, -0.2) is 9.18 Å². The Labute approximate surface area is 235 Å². The highest BCUT2D eigenvalue weighted by atomic mass is 35.5. The van der Waals surface area contributed by atoms with Crippen molar-refractivity contribution >= 4 is 17.4 Å². The molecule has 4 aromatic rings. The van der Waals surface area contributed by atoms with Crippen LogP contribution in [0.4, 0.5) is 10.2 Å². The van der Waals surface area contributed by atoms with Crippen molar-refractivity contribution in [3.63, 3.8) is 0 Å². The van der Waals surface area contributed by atoms with Crippen LogP contribution in [0, 0.1) is 0 Å². The van der Waals surface area contributed by atoms with Gasteiger partial charge in [0.15, 0.2) is 6.23 Å². The highest BCUT2D eigenvalue weighted by molar-refractivity contribution is 6.21. The molecular weight excluding hydrogens is 537 g/mol. The Kier molecular flexibility index (Phi) is 7.91. The van der Waals surface area contributed by atoms with E-state index in [1.54, 1.807) is 13.2 Å². The molecule has 4 atom stereocenters. The van der Waals surface area contributed by atoms with E-state index in [0.29, 0.717) is 5.75 Å². The van der Waals surface area contributed by atoms with Crippen LogP contribution < -0.4 is 15.7 Å². The van der Waals surface area contributed by atoms with Gasteiger partial charge in [-0.3, -0.25) is 4.57 Å². The van der Waals surface area contributed by atoms with E-state index in [-0.39, 0.29) is 5.82 Å². The Bertz CT molecular complexity index is 1440. The number of methoxy groups -OCH3 is 1. The van der Waals surface area contributed by atoms with Gasteiger partial charge < -0.3 is 25.0 Å². The van der Waals surface area contributed by atoms with Crippen molar-refractivity contribution in [2.45, 2.75) is 28.8 Å². The molecule has 1 aromatic heterocycles. The Balaban J connectivity index is 1.61. The van der Waals surface area contributed by atoms with E-state index in [1.165, 1.54) is 6.20 Å². The molecule has 0 aliphatic carbocycles. The number of benzene rings is 3. The second-order valence-corrected chi connectivity index (χ2v) is 10.1. The van der Waals surface area contributed by atoms with E-state index in [1.807, 2.05) is 84.9 Å². The molecule has 10 heteroatoms. The summed E-state index contributed by atoms with van der Waals surface area (Å²) in [5, 5.41) is 22.4. The minimum atomic E-state index is -1.92. The Morgan fingerprint density at radius 3 is 2.08 bits per heavy atom. The summed E-state index contributed by atoms with van der Waals surface area (Å²) in [7, 11) is 1.60. The maximum absolute atomic E-state index is 13.7. The topological polar surface area (TPSA) is 106 Å². The van der Waals surface area contributed by atoms with Crippen LogP contribution in [0.5, 0.6) is 5.75 Å². The van der Waals surface area contributed by atoms with Crippen molar-refractivity contribution in [2.24, 2.45) is 0 Å². The number of alkyl halides is 2. The van der Waals surface area contributed by atoms with E-state index in [9.17, 15) is 19.4 Å². The minimum absolute atomic E-state index is 0.258. The van der Waals surface area contributed by atoms with Crippen LogP contribution in [0.3, 0.4) is 0 Å². The van der Waals surface area contributed by atoms with Crippen molar-refractivity contribution in [1.29, 1.82) is 0 Å². The van der Waals surface area contributed by atoms with Crippen LogP contribution in [-0.4, -0.2) is 57.2 Å². The zero-order valence-electron chi connectivity index (χ0n) is 21.7. The number of halogens is 2. The van der Waals surface area contributed by atoms with Crippen LogP contribution >= 0.6 is 11.6 Å². The first-order chi connectivity index (χ1) is 19.4. The third-order valence-corrected chi connectivity index (χ3v) is 7.77. The molecule has 0 spiro atoms. The zero-order valence-corrected chi connectivity index (χ0v) is 22.4. The average molecular weight is 566 g/mol. The highest BCUT2D eigenvalue weighted by Crippen LogP contribution is 2.42. The van der Waals surface area contributed by atoms with Gasteiger partial charge in [0.2, 0.25) is 0 Å². The number of nitrogens with one attached hydrogen (secondary N) is 1. The van der Waals surface area contributed by atoms with Gasteiger partial charge in [-0.15, -0.1) is 11.6 Å². The number of anilines is 1. The molecule has 2 heterocycles. The van der Waals surface area contributed by atoms with Crippen molar-refractivity contribution < 1.29 is 24.1 Å². The normalized spacial score (nSPS) is 22.7. The first kappa shape index (κ1) is 27.8. The molecule has 5 rings (SSSR count). The van der Waals surface area contributed by atoms with E-state index in [0.717, 1.165) is 21.3 Å². The van der Waals surface area contributed by atoms with Gasteiger partial charge in [0.1, 0.15) is 40.9 Å². The fraction of sp³-hybridized carbons (Fsp3) is 0.267. The van der Waals surface area contributed by atoms with E-state index < -0.39 is 47.8 Å². The number of aliphatic hydroxyl groups excluding tert-OH is 2. The summed E-state index contributed by atoms with van der Waals surface area (Å²) in [5.41, 5.74) is -0.944. The second kappa shape index (κ2) is 11.4. The van der Waals surface area contributed by atoms with Gasteiger partial charge in [-0.2, -0.15) is 4.98 Å². The molecule has 3 aromatic carbocycles. The number of hydrogen-bond donors (Lipinski definition) is 3.